The van der Waals surface area contributed by atoms with Crippen molar-refractivity contribution in [2.75, 3.05) is 46.2 Å². The molecule has 0 bridgehead atoms. The molecule has 3 heterocycles. The highest BCUT2D eigenvalue weighted by atomic mass is 16.7. The summed E-state index contributed by atoms with van der Waals surface area (Å²) in [5, 5.41) is 66.0. The molecule has 0 radical (unpaired) electrons. The zero-order chi connectivity index (χ0) is 48.8. The number of amides is 2. The molecule has 2 amide bonds. The minimum atomic E-state index is -1.89. The number of nitrogens with one attached hydrogen (secondary N) is 2. The van der Waals surface area contributed by atoms with Gasteiger partial charge in [0.15, 0.2) is 6.29 Å². The van der Waals surface area contributed by atoms with E-state index in [4.69, 9.17) is 23.7 Å². The minimum Gasteiger partial charge on any atom is -0.459 e. The van der Waals surface area contributed by atoms with E-state index in [0.717, 1.165) is 6.42 Å². The summed E-state index contributed by atoms with van der Waals surface area (Å²) in [6, 6.07) is 6.36. The van der Waals surface area contributed by atoms with E-state index in [2.05, 4.69) is 17.6 Å². The van der Waals surface area contributed by atoms with Gasteiger partial charge < -0.3 is 64.8 Å². The fraction of sp³-hybridized carbons (Fsp3) is 0.837. The first-order valence-electron chi connectivity index (χ1n) is 24.1. The van der Waals surface area contributed by atoms with E-state index < -0.39 is 95.6 Å². The van der Waals surface area contributed by atoms with E-state index in [1.165, 1.54) is 19.6 Å². The van der Waals surface area contributed by atoms with Crippen LogP contribution in [0.3, 0.4) is 0 Å². The molecule has 7 N–H and O–H groups in total. The molecule has 1 unspecified atom stereocenters. The molecule has 18 atom stereocenters. The van der Waals surface area contributed by atoms with Crippen LogP contribution in [0.15, 0.2) is 24.3 Å². The Bertz CT molecular complexity index is 1650. The monoisotopic (exact) mass is 923 g/mol. The number of esters is 1. The molecule has 0 spiro atoms. The van der Waals surface area contributed by atoms with Crippen molar-refractivity contribution in [2.45, 2.75) is 199 Å². The Balaban J connectivity index is 1.75. The molecule has 0 aromatic heterocycles. The molecule has 3 aliphatic rings. The maximum absolute atomic E-state index is 14.7. The summed E-state index contributed by atoms with van der Waals surface area (Å²) in [6.07, 6.45) is -5.88. The predicted octanol–water partition coefficient (Wildman–Crippen LogP) is 4.32. The highest BCUT2D eigenvalue weighted by molar-refractivity contribution is 5.89. The van der Waals surface area contributed by atoms with Gasteiger partial charge in [0.25, 0.3) is 0 Å². The van der Waals surface area contributed by atoms with Gasteiger partial charge in [0.05, 0.1) is 41.5 Å². The van der Waals surface area contributed by atoms with Crippen molar-refractivity contribution in [3.05, 3.63) is 29.8 Å². The largest absolute Gasteiger partial charge is 0.459 e. The number of aliphatic hydroxyl groups excluding tert-OH is 3. The summed E-state index contributed by atoms with van der Waals surface area (Å²) >= 11 is 0. The van der Waals surface area contributed by atoms with Gasteiger partial charge in [-0.2, -0.15) is 0 Å². The summed E-state index contributed by atoms with van der Waals surface area (Å²) in [7, 11) is 5.31. The van der Waals surface area contributed by atoms with E-state index in [1.54, 1.807) is 34.6 Å². The first-order chi connectivity index (χ1) is 30.3. The Labute approximate surface area is 389 Å². The Hall–Kier alpha value is -2.48. The first kappa shape index (κ1) is 55.1. The van der Waals surface area contributed by atoms with E-state index in [1.807, 2.05) is 75.9 Å². The molecule has 3 fully saturated rings. The summed E-state index contributed by atoms with van der Waals surface area (Å²) < 4.78 is 32.0. The molecular weight excluding hydrogens is 837 g/mol. The second-order valence-corrected chi connectivity index (χ2v) is 20.6. The summed E-state index contributed by atoms with van der Waals surface area (Å²) in [6.45, 7) is 21.1. The lowest BCUT2D eigenvalue weighted by molar-refractivity contribution is -0.302. The lowest BCUT2D eigenvalue weighted by atomic mass is 9.68. The van der Waals surface area contributed by atoms with Gasteiger partial charge in [-0.1, -0.05) is 46.8 Å². The number of benzene rings is 1. The number of aryl methyl sites for hydroxylation is 1. The van der Waals surface area contributed by atoms with Crippen LogP contribution in [0.25, 0.3) is 0 Å². The van der Waals surface area contributed by atoms with Crippen molar-refractivity contribution < 1.29 is 58.8 Å². The number of hydrogen-bond donors (Lipinski definition) is 7. The number of cyclic esters (lactones) is 1. The Morgan fingerprint density at radius 1 is 0.954 bits per heavy atom. The molecule has 0 aliphatic carbocycles. The van der Waals surface area contributed by atoms with Gasteiger partial charge >= 0.3 is 12.0 Å². The molecule has 4 rings (SSSR count). The van der Waals surface area contributed by atoms with Gasteiger partial charge in [-0.25, -0.2) is 4.79 Å². The van der Waals surface area contributed by atoms with Crippen LogP contribution in [0.1, 0.15) is 114 Å². The maximum atomic E-state index is 14.7. The van der Waals surface area contributed by atoms with E-state index in [0.29, 0.717) is 38.2 Å². The van der Waals surface area contributed by atoms with Gasteiger partial charge in [-0.05, 0) is 117 Å². The topological polar surface area (TPSA) is 212 Å². The molecule has 65 heavy (non-hydrogen) atoms. The van der Waals surface area contributed by atoms with E-state index >= 15 is 0 Å². The molecule has 3 saturated heterocycles. The first-order valence-corrected chi connectivity index (χ1v) is 24.1. The van der Waals surface area contributed by atoms with Crippen molar-refractivity contribution in [3.8, 4) is 0 Å². The zero-order valence-corrected chi connectivity index (χ0v) is 41.8. The molecule has 1 aromatic carbocycles. The summed E-state index contributed by atoms with van der Waals surface area (Å²) in [5.74, 6) is -3.21. The molecule has 16 heteroatoms. The van der Waals surface area contributed by atoms with Crippen LogP contribution in [0.2, 0.25) is 0 Å². The number of methoxy groups -OCH3 is 1. The SMILES string of the molecule is CCc1ccc(NC(=O)NCCCN2C[C@H](C)C[C@@](C)(O)[C@H](O[C@@H]3O[C@H](C)C[C@H](N(C)C)[C@H]3O)[C@@H](C)[C@H](C3C[C@@](C)(OC)[C@@H](O)[C@H](C)O3)[C@@H](C)C(=O)O[C@H](CC)[C@@](C)(O)[C@H](O)[C@H]2C)cc1. The lowest BCUT2D eigenvalue weighted by Gasteiger charge is -2.51. The quantitative estimate of drug-likeness (QED) is 0.115. The van der Waals surface area contributed by atoms with Gasteiger partial charge in [0.2, 0.25) is 0 Å². The van der Waals surface area contributed by atoms with Crippen molar-refractivity contribution in [3.63, 3.8) is 0 Å². The number of carbonyl (C=O) groups is 2. The Morgan fingerprint density at radius 3 is 2.18 bits per heavy atom. The van der Waals surface area contributed by atoms with Crippen LogP contribution < -0.4 is 10.6 Å². The molecule has 3 aliphatic heterocycles. The van der Waals surface area contributed by atoms with Crippen molar-refractivity contribution in [2.24, 2.45) is 23.7 Å². The van der Waals surface area contributed by atoms with Crippen molar-refractivity contribution in [1.29, 1.82) is 0 Å². The number of aliphatic hydroxyl groups is 5. The molecular formula is C49H86N4O12. The number of anilines is 1. The maximum Gasteiger partial charge on any atom is 0.319 e. The van der Waals surface area contributed by atoms with Crippen LogP contribution in [0, 0.1) is 23.7 Å². The predicted molar refractivity (Wildman–Crippen MR) is 249 cm³/mol. The van der Waals surface area contributed by atoms with Crippen LogP contribution in [0.5, 0.6) is 0 Å². The van der Waals surface area contributed by atoms with Crippen molar-refractivity contribution >= 4 is 17.7 Å². The van der Waals surface area contributed by atoms with Gasteiger partial charge in [0.1, 0.15) is 30.0 Å². The van der Waals surface area contributed by atoms with Crippen LogP contribution in [0.4, 0.5) is 10.5 Å². The zero-order valence-electron chi connectivity index (χ0n) is 41.8. The fourth-order valence-electron chi connectivity index (χ4n) is 10.9. The number of likely N-dealkylation sites (N-methyl/N-ethyl adjacent to an activating group) is 1. The molecule has 1 aromatic rings. The standard InChI is InChI=1S/C49H86N4O12/c1-15-34-18-20-35(21-19-34)51-46(58)50-22-17-23-53-27-28(3)25-47(9,59)43(65-45-40(54)36(52(12)13)24-29(4)62-45)30(5)39(37-26-48(10,61-14)42(56)33(8)63-37)31(6)44(57)64-38(16-2)49(11,60)41(55)32(53)7/h18-21,28-33,36-43,45,54-56,59-60H,15-17,22-27H2,1-14H3,(H2,50,51,58)/t28-,29-,30+,31-,32-,33+,36+,37?,38-,39+,40-,41-,42+,43-,45+,47-,48-,49-/m1/s1. The number of urea groups is 1. The Kier molecular flexibility index (Phi) is 19.7. The summed E-state index contributed by atoms with van der Waals surface area (Å²) in [4.78, 5) is 31.5. The van der Waals surface area contributed by atoms with Crippen LogP contribution >= 0.6 is 0 Å². The van der Waals surface area contributed by atoms with Gasteiger partial charge in [0, 0.05) is 56.9 Å². The Morgan fingerprint density at radius 2 is 1.60 bits per heavy atom. The second-order valence-electron chi connectivity index (χ2n) is 20.6. The molecule has 374 valence electrons. The third kappa shape index (κ3) is 13.4. The normalized spacial score (nSPS) is 41.8. The van der Waals surface area contributed by atoms with Crippen LogP contribution in [-0.4, -0.2) is 172 Å². The highest BCUT2D eigenvalue weighted by Crippen LogP contribution is 2.45. The van der Waals surface area contributed by atoms with Gasteiger partial charge in [-0.15, -0.1) is 0 Å². The lowest BCUT2D eigenvalue weighted by Crippen LogP contribution is -2.61. The number of nitrogens with zero attached hydrogens (tertiary/aromatic N) is 2. The number of carbonyl (C=O) groups excluding carboxylic acids is 2. The third-order valence-electron chi connectivity index (χ3n) is 14.9. The highest BCUT2D eigenvalue weighted by Gasteiger charge is 2.55. The molecule has 0 saturated carbocycles. The summed E-state index contributed by atoms with van der Waals surface area (Å²) in [5.41, 5.74) is -2.70. The third-order valence-corrected chi connectivity index (χ3v) is 14.9. The van der Waals surface area contributed by atoms with E-state index in [9.17, 15) is 35.1 Å². The molecule has 16 nitrogen and oxygen atoms in total. The fourth-order valence-corrected chi connectivity index (χ4v) is 10.9. The minimum absolute atomic E-state index is 0.185. The van der Waals surface area contributed by atoms with Gasteiger partial charge in [-0.3, -0.25) is 9.69 Å². The average Bonchev–Trinajstić information content (AvgIpc) is 3.24. The average molecular weight is 923 g/mol. The van der Waals surface area contributed by atoms with Crippen LogP contribution in [-0.2, 0) is 34.9 Å². The smallest absolute Gasteiger partial charge is 0.319 e. The number of ether oxygens (including phenoxy) is 5. The number of rotatable bonds is 12. The second kappa shape index (κ2) is 23.2. The van der Waals surface area contributed by atoms with Crippen molar-refractivity contribution in [1.82, 2.24) is 15.1 Å². The van der Waals surface area contributed by atoms with E-state index in [-0.39, 0.29) is 43.4 Å². The number of hydrogen-bond acceptors (Lipinski definition) is 14.